The van der Waals surface area contributed by atoms with Gasteiger partial charge in [0, 0.05) is 0 Å². The number of nitrogens with zero attached hydrogens (tertiary/aromatic N) is 4. The number of hydrogen-bond acceptors (Lipinski definition) is 10. The second-order valence-electron chi connectivity index (χ2n) is 8.48. The van der Waals surface area contributed by atoms with Crippen molar-refractivity contribution in [3.8, 4) is 0 Å². The van der Waals surface area contributed by atoms with Crippen molar-refractivity contribution >= 4 is 33.7 Å². The molecule has 2 aliphatic heterocycles. The van der Waals surface area contributed by atoms with Crippen LogP contribution in [0.25, 0.3) is 0 Å². The third kappa shape index (κ3) is 4.14. The maximum Gasteiger partial charge on any atom is 0.361 e. The van der Waals surface area contributed by atoms with E-state index in [2.05, 4.69) is 10.3 Å². The smallest absolute Gasteiger partial charge is 0.361 e. The van der Waals surface area contributed by atoms with Gasteiger partial charge in [0.25, 0.3) is 0 Å². The van der Waals surface area contributed by atoms with Crippen molar-refractivity contribution in [2.24, 2.45) is 0 Å². The van der Waals surface area contributed by atoms with E-state index in [1.165, 1.54) is 6.92 Å². The highest BCUT2D eigenvalue weighted by molar-refractivity contribution is 7.93. The molecule has 188 valence electrons. The Morgan fingerprint density at radius 1 is 1.12 bits per heavy atom. The second kappa shape index (κ2) is 9.68. The number of aromatic nitrogens is 3. The van der Waals surface area contributed by atoms with Crippen LogP contribution in [-0.2, 0) is 35.4 Å². The van der Waals surface area contributed by atoms with E-state index in [9.17, 15) is 32.7 Å². The van der Waals surface area contributed by atoms with Gasteiger partial charge in [-0.1, -0.05) is 31.9 Å². The third-order valence-corrected chi connectivity index (χ3v) is 8.86. The summed E-state index contributed by atoms with van der Waals surface area (Å²) in [5.41, 5.74) is -0.887. The minimum absolute atomic E-state index is 0.0442. The molecule has 0 bridgehead atoms. The lowest BCUT2D eigenvalue weighted by Crippen LogP contribution is -2.58. The van der Waals surface area contributed by atoms with Gasteiger partial charge in [-0.15, -0.1) is 5.10 Å². The topological polar surface area (TPSA) is 175 Å². The van der Waals surface area contributed by atoms with Crippen molar-refractivity contribution in [2.75, 3.05) is 13.2 Å². The highest BCUT2D eigenvalue weighted by Gasteiger charge is 2.70. The van der Waals surface area contributed by atoms with Crippen molar-refractivity contribution < 1.29 is 42.2 Å². The van der Waals surface area contributed by atoms with E-state index in [1.54, 1.807) is 0 Å². The van der Waals surface area contributed by atoms with Gasteiger partial charge in [-0.05, 0) is 19.8 Å². The van der Waals surface area contributed by atoms with Crippen LogP contribution in [-0.4, -0.2) is 86.6 Å². The number of hydrogen-bond donors (Lipinski definition) is 1. The summed E-state index contributed by atoms with van der Waals surface area (Å²) >= 11 is 0. The van der Waals surface area contributed by atoms with E-state index < -0.39 is 67.7 Å². The SMILES string of the molecule is CCCCOC(=O)c1nnn(C[C@@]2(C)[C@H](C(=O)O)N3C(=O)C[C@@H]3S2(=O)=O)c1C(=O)OCCCC. The molecule has 0 radical (unpaired) electrons. The number of carboxylic acid groups (broad SMARTS) is 1. The highest BCUT2D eigenvalue weighted by Crippen LogP contribution is 2.47. The molecular formula is C20H28N4O9S. The molecule has 14 heteroatoms. The summed E-state index contributed by atoms with van der Waals surface area (Å²) in [5, 5.41) is 16.0. The van der Waals surface area contributed by atoms with Crippen LogP contribution < -0.4 is 0 Å². The van der Waals surface area contributed by atoms with Crippen LogP contribution in [0.5, 0.6) is 0 Å². The highest BCUT2D eigenvalue weighted by atomic mass is 32.2. The second-order valence-corrected chi connectivity index (χ2v) is 11.0. The molecule has 1 amide bonds. The van der Waals surface area contributed by atoms with Crippen molar-refractivity contribution in [1.82, 2.24) is 19.9 Å². The number of carbonyl (C=O) groups excluding carboxylic acids is 3. The van der Waals surface area contributed by atoms with Gasteiger partial charge in [0.05, 0.1) is 26.2 Å². The molecule has 3 atom stereocenters. The number of fused-ring (bicyclic) bond motifs is 1. The fraction of sp³-hybridized carbons (Fsp3) is 0.700. The molecule has 34 heavy (non-hydrogen) atoms. The summed E-state index contributed by atoms with van der Waals surface area (Å²) in [6.45, 7) is 4.45. The zero-order valence-corrected chi connectivity index (χ0v) is 20.0. The molecule has 1 N–H and O–H groups in total. The normalized spacial score (nSPS) is 24.9. The number of ether oxygens (including phenoxy) is 2. The Morgan fingerprint density at radius 3 is 2.24 bits per heavy atom. The van der Waals surface area contributed by atoms with Gasteiger partial charge in [0.1, 0.15) is 10.1 Å². The number of carbonyl (C=O) groups is 4. The zero-order valence-electron chi connectivity index (χ0n) is 19.2. The Balaban J connectivity index is 2.01. The van der Waals surface area contributed by atoms with Crippen LogP contribution in [0.3, 0.4) is 0 Å². The molecule has 2 fully saturated rings. The van der Waals surface area contributed by atoms with Crippen LogP contribution in [0, 0.1) is 0 Å². The summed E-state index contributed by atoms with van der Waals surface area (Å²) in [6, 6.07) is -1.70. The lowest BCUT2D eigenvalue weighted by Gasteiger charge is -2.35. The Bertz CT molecular complexity index is 1100. The molecule has 1 aromatic rings. The minimum Gasteiger partial charge on any atom is -0.480 e. The number of unbranched alkanes of at least 4 members (excludes halogenated alkanes) is 2. The number of amides is 1. The van der Waals surface area contributed by atoms with E-state index >= 15 is 0 Å². The van der Waals surface area contributed by atoms with Gasteiger partial charge < -0.3 is 19.5 Å². The van der Waals surface area contributed by atoms with Crippen molar-refractivity contribution in [3.63, 3.8) is 0 Å². The number of rotatable bonds is 11. The fourth-order valence-corrected chi connectivity index (χ4v) is 6.45. The van der Waals surface area contributed by atoms with Crippen LogP contribution in [0.1, 0.15) is 73.9 Å². The number of sulfone groups is 1. The molecule has 1 aromatic heterocycles. The van der Waals surface area contributed by atoms with Crippen LogP contribution in [0.2, 0.25) is 0 Å². The van der Waals surface area contributed by atoms with E-state index in [-0.39, 0.29) is 19.6 Å². The van der Waals surface area contributed by atoms with Gasteiger partial charge in [0.15, 0.2) is 21.6 Å². The first-order chi connectivity index (χ1) is 16.0. The number of carboxylic acids is 1. The molecule has 2 aliphatic rings. The Morgan fingerprint density at radius 2 is 1.71 bits per heavy atom. The molecule has 2 saturated heterocycles. The Hall–Kier alpha value is -3.03. The summed E-state index contributed by atoms with van der Waals surface area (Å²) in [4.78, 5) is 50.3. The fourth-order valence-electron chi connectivity index (χ4n) is 4.10. The monoisotopic (exact) mass is 500 g/mol. The van der Waals surface area contributed by atoms with Crippen LogP contribution in [0.4, 0.5) is 0 Å². The third-order valence-electron chi connectivity index (χ3n) is 6.09. The minimum atomic E-state index is -4.18. The van der Waals surface area contributed by atoms with Crippen LogP contribution >= 0.6 is 0 Å². The number of aliphatic carboxylic acids is 1. The summed E-state index contributed by atoms with van der Waals surface area (Å²) < 4.78 is 35.6. The zero-order chi connectivity index (χ0) is 25.3. The first kappa shape index (κ1) is 25.6. The standard InChI is InChI=1S/C20H28N4O9S/c1-4-6-8-32-18(28)14-15(19(29)33-9-7-5-2)23(22-21-14)11-20(3)16(17(26)27)24-12(25)10-13(24)34(20,30)31/h13,16H,4-11H2,1-3H3,(H,26,27)/t13-,16-,20-/m0/s1. The first-order valence-electron chi connectivity index (χ1n) is 11.1. The molecule has 3 rings (SSSR count). The summed E-state index contributed by atoms with van der Waals surface area (Å²) in [5.74, 6) is -4.00. The molecule has 0 spiro atoms. The Kier molecular flexibility index (Phi) is 7.29. The molecule has 0 saturated carbocycles. The van der Waals surface area contributed by atoms with E-state index in [4.69, 9.17) is 9.47 Å². The van der Waals surface area contributed by atoms with Crippen molar-refractivity contribution in [3.05, 3.63) is 11.4 Å². The van der Waals surface area contributed by atoms with Gasteiger partial charge in [-0.2, -0.15) is 0 Å². The summed E-state index contributed by atoms with van der Waals surface area (Å²) in [7, 11) is -4.18. The van der Waals surface area contributed by atoms with Crippen LogP contribution in [0.15, 0.2) is 0 Å². The van der Waals surface area contributed by atoms with Gasteiger partial charge in [-0.3, -0.25) is 4.79 Å². The van der Waals surface area contributed by atoms with Gasteiger partial charge in [-0.25, -0.2) is 27.5 Å². The molecule has 0 unspecified atom stereocenters. The van der Waals surface area contributed by atoms with E-state index in [0.29, 0.717) is 12.8 Å². The van der Waals surface area contributed by atoms with E-state index in [0.717, 1.165) is 22.4 Å². The molecule has 3 heterocycles. The average Bonchev–Trinajstić information content (AvgIpc) is 3.23. The Labute approximate surface area is 196 Å². The number of β-lactam (4-membered cyclic amide) rings is 1. The predicted molar refractivity (Wildman–Crippen MR) is 114 cm³/mol. The summed E-state index contributed by atoms with van der Waals surface area (Å²) in [6.07, 6.45) is 2.31. The predicted octanol–water partition coefficient (Wildman–Crippen LogP) is 0.391. The van der Waals surface area contributed by atoms with Gasteiger partial charge >= 0.3 is 17.9 Å². The average molecular weight is 501 g/mol. The maximum absolute atomic E-state index is 13.2. The van der Waals surface area contributed by atoms with E-state index in [1.807, 2.05) is 13.8 Å². The lowest BCUT2D eigenvalue weighted by molar-refractivity contribution is -0.157. The first-order valence-corrected chi connectivity index (χ1v) is 12.6. The van der Waals surface area contributed by atoms with Crippen molar-refractivity contribution in [2.45, 2.75) is 75.6 Å². The van der Waals surface area contributed by atoms with Gasteiger partial charge in [0.2, 0.25) is 11.6 Å². The quantitative estimate of drug-likeness (QED) is 0.253. The molecular weight excluding hydrogens is 472 g/mol. The largest absolute Gasteiger partial charge is 0.480 e. The maximum atomic E-state index is 13.2. The number of esters is 2. The molecule has 13 nitrogen and oxygen atoms in total. The lowest BCUT2D eigenvalue weighted by atomic mass is 9.96. The molecule has 0 aliphatic carbocycles. The molecule has 0 aromatic carbocycles. The van der Waals surface area contributed by atoms with Crippen molar-refractivity contribution in [1.29, 1.82) is 0 Å².